The highest BCUT2D eigenvalue weighted by molar-refractivity contribution is 7.12. The molecule has 0 saturated carbocycles. The quantitative estimate of drug-likeness (QED) is 0.899. The number of amides is 1. The molecular weight excluding hydrogens is 256 g/mol. The molecule has 106 valence electrons. The predicted octanol–water partition coefficient (Wildman–Crippen LogP) is 2.97. The molecule has 1 amide bonds. The SMILES string of the molecule is CCc1ccc(C(C)NCC(=O)N2CCCCC2)s1. The van der Waals surface area contributed by atoms with Crippen molar-refractivity contribution < 1.29 is 4.79 Å². The summed E-state index contributed by atoms with van der Waals surface area (Å²) < 4.78 is 0. The van der Waals surface area contributed by atoms with E-state index in [0.29, 0.717) is 6.54 Å². The van der Waals surface area contributed by atoms with Crippen molar-refractivity contribution in [3.63, 3.8) is 0 Å². The van der Waals surface area contributed by atoms with Crippen LogP contribution in [0.3, 0.4) is 0 Å². The van der Waals surface area contributed by atoms with Crippen molar-refractivity contribution in [1.29, 1.82) is 0 Å². The van der Waals surface area contributed by atoms with E-state index >= 15 is 0 Å². The lowest BCUT2D eigenvalue weighted by molar-refractivity contribution is -0.131. The Balaban J connectivity index is 1.79. The molecule has 3 nitrogen and oxygen atoms in total. The first-order chi connectivity index (χ1) is 9.20. The normalized spacial score (nSPS) is 17.5. The maximum Gasteiger partial charge on any atom is 0.236 e. The van der Waals surface area contributed by atoms with Crippen molar-refractivity contribution in [2.75, 3.05) is 19.6 Å². The van der Waals surface area contributed by atoms with E-state index < -0.39 is 0 Å². The second-order valence-electron chi connectivity index (χ2n) is 5.20. The van der Waals surface area contributed by atoms with Gasteiger partial charge in [-0.05, 0) is 44.7 Å². The maximum atomic E-state index is 12.1. The first-order valence-corrected chi connectivity index (χ1v) is 8.12. The number of carbonyl (C=O) groups excluding carboxylic acids is 1. The second kappa shape index (κ2) is 7.06. The van der Waals surface area contributed by atoms with Gasteiger partial charge in [-0.15, -0.1) is 11.3 Å². The smallest absolute Gasteiger partial charge is 0.236 e. The lowest BCUT2D eigenvalue weighted by Gasteiger charge is -2.27. The van der Waals surface area contributed by atoms with Gasteiger partial charge in [-0.3, -0.25) is 4.79 Å². The van der Waals surface area contributed by atoms with Gasteiger partial charge < -0.3 is 10.2 Å². The molecule has 1 aromatic heterocycles. The van der Waals surface area contributed by atoms with Gasteiger partial charge in [0.2, 0.25) is 5.91 Å². The Kier molecular flexibility index (Phi) is 5.40. The highest BCUT2D eigenvalue weighted by Crippen LogP contribution is 2.23. The van der Waals surface area contributed by atoms with Crippen LogP contribution in [0.15, 0.2) is 12.1 Å². The maximum absolute atomic E-state index is 12.1. The Bertz CT molecular complexity index is 410. The molecule has 0 aliphatic carbocycles. The molecule has 1 unspecified atom stereocenters. The number of hydrogen-bond acceptors (Lipinski definition) is 3. The topological polar surface area (TPSA) is 32.3 Å². The molecular formula is C15H24N2OS. The van der Waals surface area contributed by atoms with E-state index in [9.17, 15) is 4.79 Å². The summed E-state index contributed by atoms with van der Waals surface area (Å²) in [6.07, 6.45) is 4.67. The van der Waals surface area contributed by atoms with Crippen LogP contribution < -0.4 is 5.32 Å². The van der Waals surface area contributed by atoms with Crippen LogP contribution >= 0.6 is 11.3 Å². The lowest BCUT2D eigenvalue weighted by atomic mass is 10.1. The number of aryl methyl sites for hydroxylation is 1. The van der Waals surface area contributed by atoms with Gasteiger partial charge >= 0.3 is 0 Å². The van der Waals surface area contributed by atoms with E-state index in [2.05, 4.69) is 31.3 Å². The molecule has 2 rings (SSSR count). The van der Waals surface area contributed by atoms with Crippen molar-refractivity contribution in [2.24, 2.45) is 0 Å². The van der Waals surface area contributed by atoms with E-state index in [-0.39, 0.29) is 11.9 Å². The van der Waals surface area contributed by atoms with E-state index in [0.717, 1.165) is 32.4 Å². The zero-order chi connectivity index (χ0) is 13.7. The molecule has 1 saturated heterocycles. The first-order valence-electron chi connectivity index (χ1n) is 7.30. The number of hydrogen-bond donors (Lipinski definition) is 1. The van der Waals surface area contributed by atoms with Gasteiger partial charge in [0, 0.05) is 28.9 Å². The van der Waals surface area contributed by atoms with Crippen LogP contribution in [0.5, 0.6) is 0 Å². The van der Waals surface area contributed by atoms with Gasteiger partial charge in [0.1, 0.15) is 0 Å². The number of carbonyl (C=O) groups is 1. The third kappa shape index (κ3) is 4.05. The molecule has 0 bridgehead atoms. The Morgan fingerprint density at radius 2 is 2.11 bits per heavy atom. The second-order valence-corrected chi connectivity index (χ2v) is 6.40. The number of rotatable bonds is 5. The Labute approximate surface area is 120 Å². The number of thiophene rings is 1. The summed E-state index contributed by atoms with van der Waals surface area (Å²) in [6.45, 7) is 6.64. The number of likely N-dealkylation sites (tertiary alicyclic amines) is 1. The van der Waals surface area contributed by atoms with Crippen molar-refractivity contribution in [3.05, 3.63) is 21.9 Å². The van der Waals surface area contributed by atoms with Crippen LogP contribution in [0.1, 0.15) is 48.9 Å². The average molecular weight is 280 g/mol. The summed E-state index contributed by atoms with van der Waals surface area (Å²) in [7, 11) is 0. The standard InChI is InChI=1S/C15H24N2OS/c1-3-13-7-8-14(19-13)12(2)16-11-15(18)17-9-5-4-6-10-17/h7-8,12,16H,3-6,9-11H2,1-2H3. The molecule has 2 heterocycles. The van der Waals surface area contributed by atoms with Crippen LogP contribution in [0.2, 0.25) is 0 Å². The Morgan fingerprint density at radius 3 is 2.74 bits per heavy atom. The number of piperidine rings is 1. The van der Waals surface area contributed by atoms with Gasteiger partial charge in [-0.25, -0.2) is 0 Å². The molecule has 0 aromatic carbocycles. The van der Waals surface area contributed by atoms with Crippen LogP contribution in [-0.2, 0) is 11.2 Å². The lowest BCUT2D eigenvalue weighted by Crippen LogP contribution is -2.41. The summed E-state index contributed by atoms with van der Waals surface area (Å²) in [4.78, 5) is 16.8. The van der Waals surface area contributed by atoms with Crippen LogP contribution in [0, 0.1) is 0 Å². The minimum absolute atomic E-state index is 0.249. The van der Waals surface area contributed by atoms with Gasteiger partial charge in [0.05, 0.1) is 6.54 Å². The van der Waals surface area contributed by atoms with Gasteiger partial charge in [0.25, 0.3) is 0 Å². The number of nitrogens with zero attached hydrogens (tertiary/aromatic N) is 1. The van der Waals surface area contributed by atoms with Crippen molar-refractivity contribution in [1.82, 2.24) is 10.2 Å². The van der Waals surface area contributed by atoms with Crippen LogP contribution in [0.25, 0.3) is 0 Å². The van der Waals surface area contributed by atoms with E-state index in [1.165, 1.54) is 16.2 Å². The van der Waals surface area contributed by atoms with E-state index in [1.807, 2.05) is 16.2 Å². The molecule has 1 fully saturated rings. The molecule has 19 heavy (non-hydrogen) atoms. The fourth-order valence-electron chi connectivity index (χ4n) is 2.41. The molecule has 1 atom stereocenters. The highest BCUT2D eigenvalue weighted by Gasteiger charge is 2.17. The van der Waals surface area contributed by atoms with Gasteiger partial charge in [-0.2, -0.15) is 0 Å². The Morgan fingerprint density at radius 1 is 1.37 bits per heavy atom. The molecule has 0 radical (unpaired) electrons. The summed E-state index contributed by atoms with van der Waals surface area (Å²) in [5, 5.41) is 3.35. The molecule has 1 aliphatic rings. The molecule has 1 aromatic rings. The van der Waals surface area contributed by atoms with E-state index in [4.69, 9.17) is 0 Å². The summed E-state index contributed by atoms with van der Waals surface area (Å²) in [6, 6.07) is 4.62. The minimum atomic E-state index is 0.249. The highest BCUT2D eigenvalue weighted by atomic mass is 32.1. The fourth-order valence-corrected chi connectivity index (χ4v) is 3.39. The molecule has 0 spiro atoms. The van der Waals surface area contributed by atoms with Crippen molar-refractivity contribution in [3.8, 4) is 0 Å². The first kappa shape index (κ1) is 14.5. The summed E-state index contributed by atoms with van der Waals surface area (Å²) >= 11 is 1.84. The van der Waals surface area contributed by atoms with Gasteiger partial charge in [-0.1, -0.05) is 6.92 Å². The number of nitrogens with one attached hydrogen (secondary N) is 1. The minimum Gasteiger partial charge on any atom is -0.342 e. The Hall–Kier alpha value is -0.870. The third-order valence-corrected chi connectivity index (χ3v) is 5.14. The van der Waals surface area contributed by atoms with Crippen molar-refractivity contribution in [2.45, 2.75) is 45.6 Å². The van der Waals surface area contributed by atoms with Crippen molar-refractivity contribution >= 4 is 17.2 Å². The predicted molar refractivity (Wildman–Crippen MR) is 80.5 cm³/mol. The monoisotopic (exact) mass is 280 g/mol. The zero-order valence-corrected chi connectivity index (χ0v) is 12.8. The van der Waals surface area contributed by atoms with Crippen LogP contribution in [0.4, 0.5) is 0 Å². The third-order valence-electron chi connectivity index (χ3n) is 3.73. The molecule has 4 heteroatoms. The largest absolute Gasteiger partial charge is 0.342 e. The molecule has 1 N–H and O–H groups in total. The summed E-state index contributed by atoms with van der Waals surface area (Å²) in [5.74, 6) is 0.249. The fraction of sp³-hybridized carbons (Fsp3) is 0.667. The summed E-state index contributed by atoms with van der Waals surface area (Å²) in [5.41, 5.74) is 0. The van der Waals surface area contributed by atoms with E-state index in [1.54, 1.807) is 0 Å². The van der Waals surface area contributed by atoms with Crippen LogP contribution in [-0.4, -0.2) is 30.4 Å². The van der Waals surface area contributed by atoms with Gasteiger partial charge in [0.15, 0.2) is 0 Å². The zero-order valence-electron chi connectivity index (χ0n) is 11.9. The average Bonchev–Trinajstić information content (AvgIpc) is 2.94. The molecule has 1 aliphatic heterocycles.